The Morgan fingerprint density at radius 2 is 1.61 bits per heavy atom. The number of ether oxygens (including phenoxy) is 1. The van der Waals surface area contributed by atoms with Gasteiger partial charge in [-0.25, -0.2) is 4.79 Å². The topological polar surface area (TPSA) is 70.7 Å². The number of carbonyl (C=O) groups is 2. The van der Waals surface area contributed by atoms with Gasteiger partial charge in [-0.3, -0.25) is 4.79 Å². The molecule has 31 heavy (non-hydrogen) atoms. The van der Waals surface area contributed by atoms with Gasteiger partial charge in [0.15, 0.2) is 0 Å². The molecule has 2 aromatic carbocycles. The monoisotopic (exact) mass is 425 g/mol. The van der Waals surface area contributed by atoms with Gasteiger partial charge in [0.25, 0.3) is 0 Å². The third-order valence-electron chi connectivity index (χ3n) is 4.78. The first-order valence-electron chi connectivity index (χ1n) is 10.5. The maximum atomic E-state index is 12.4. The summed E-state index contributed by atoms with van der Waals surface area (Å²) in [5, 5.41) is 5.79. The highest BCUT2D eigenvalue weighted by Gasteiger charge is 2.15. The van der Waals surface area contributed by atoms with Gasteiger partial charge in [0.2, 0.25) is 5.91 Å². The second-order valence-electron chi connectivity index (χ2n) is 9.06. The third kappa shape index (κ3) is 8.06. The number of anilines is 1. The number of benzene rings is 2. The lowest BCUT2D eigenvalue weighted by molar-refractivity contribution is -0.116. The van der Waals surface area contributed by atoms with E-state index in [2.05, 4.69) is 10.6 Å². The van der Waals surface area contributed by atoms with E-state index in [0.717, 1.165) is 33.5 Å². The average Bonchev–Trinajstić information content (AvgIpc) is 2.67. The van der Waals surface area contributed by atoms with E-state index >= 15 is 0 Å². The normalized spacial score (nSPS) is 11.2. The number of urea groups is 1. The molecule has 0 aliphatic heterocycles. The molecule has 0 aliphatic rings. The van der Waals surface area contributed by atoms with Crippen LogP contribution in [-0.4, -0.2) is 36.0 Å². The molecule has 0 heterocycles. The van der Waals surface area contributed by atoms with Crippen LogP contribution in [-0.2, 0) is 22.7 Å². The van der Waals surface area contributed by atoms with Crippen LogP contribution in [0.3, 0.4) is 0 Å². The molecule has 0 atom stereocenters. The van der Waals surface area contributed by atoms with Crippen LogP contribution < -0.4 is 10.6 Å². The van der Waals surface area contributed by atoms with E-state index in [4.69, 9.17) is 4.74 Å². The molecule has 0 fully saturated rings. The minimum absolute atomic E-state index is 0.0297. The lowest BCUT2D eigenvalue weighted by Crippen LogP contribution is -2.41. The summed E-state index contributed by atoms with van der Waals surface area (Å²) in [7, 11) is 1.61. The number of nitrogens with zero attached hydrogens (tertiary/aromatic N) is 1. The van der Waals surface area contributed by atoms with Crippen molar-refractivity contribution >= 4 is 17.6 Å². The number of amides is 3. The number of carbonyl (C=O) groups excluding carboxylic acids is 2. The van der Waals surface area contributed by atoms with E-state index < -0.39 is 0 Å². The molecular weight excluding hydrogens is 390 g/mol. The predicted octanol–water partition coefficient (Wildman–Crippen LogP) is 4.71. The first-order valence-corrected chi connectivity index (χ1v) is 10.5. The molecule has 2 aromatic rings. The van der Waals surface area contributed by atoms with Crippen LogP contribution in [0.2, 0.25) is 0 Å². The van der Waals surface area contributed by atoms with E-state index in [9.17, 15) is 9.59 Å². The molecule has 6 nitrogen and oxygen atoms in total. The van der Waals surface area contributed by atoms with Crippen molar-refractivity contribution < 1.29 is 14.3 Å². The van der Waals surface area contributed by atoms with Crippen LogP contribution >= 0.6 is 0 Å². The van der Waals surface area contributed by atoms with Crippen LogP contribution in [0.15, 0.2) is 36.4 Å². The van der Waals surface area contributed by atoms with Crippen molar-refractivity contribution in [2.24, 2.45) is 0 Å². The molecule has 3 amide bonds. The smallest absolute Gasteiger partial charge is 0.317 e. The van der Waals surface area contributed by atoms with Crippen molar-refractivity contribution in [2.45, 2.75) is 60.3 Å². The SMILES string of the molecule is Cc1cc(C)c(NC(=O)CN(C)C(=O)NCc2cccc(COC(C)(C)C)c2)c(C)c1. The zero-order chi connectivity index (χ0) is 23.2. The van der Waals surface area contributed by atoms with Crippen molar-refractivity contribution in [1.29, 1.82) is 0 Å². The number of likely N-dealkylation sites (N-methyl/N-ethyl adjacent to an activating group) is 1. The Kier molecular flexibility index (Phi) is 8.22. The van der Waals surface area contributed by atoms with Crippen LogP contribution in [0, 0.1) is 20.8 Å². The van der Waals surface area contributed by atoms with Crippen LogP contribution in [0.4, 0.5) is 10.5 Å². The molecule has 0 unspecified atom stereocenters. The van der Waals surface area contributed by atoms with E-state index in [-0.39, 0.29) is 24.1 Å². The Hall–Kier alpha value is -2.86. The largest absolute Gasteiger partial charge is 0.371 e. The lowest BCUT2D eigenvalue weighted by atomic mass is 10.1. The summed E-state index contributed by atoms with van der Waals surface area (Å²) in [5.41, 5.74) is 5.80. The fourth-order valence-corrected chi connectivity index (χ4v) is 3.29. The number of rotatable bonds is 7. The van der Waals surface area contributed by atoms with E-state index in [0.29, 0.717) is 13.2 Å². The molecular formula is C25H35N3O3. The molecule has 0 radical (unpaired) electrons. The number of hydrogen-bond acceptors (Lipinski definition) is 3. The molecule has 6 heteroatoms. The molecule has 0 spiro atoms. The van der Waals surface area contributed by atoms with E-state index in [1.165, 1.54) is 4.90 Å². The van der Waals surface area contributed by atoms with Crippen molar-refractivity contribution in [3.63, 3.8) is 0 Å². The van der Waals surface area contributed by atoms with Gasteiger partial charge in [0, 0.05) is 19.3 Å². The van der Waals surface area contributed by atoms with Crippen LogP contribution in [0.25, 0.3) is 0 Å². The van der Waals surface area contributed by atoms with E-state index in [1.807, 2.05) is 77.9 Å². The Labute approximate surface area is 186 Å². The van der Waals surface area contributed by atoms with Gasteiger partial charge in [-0.1, -0.05) is 42.0 Å². The highest BCUT2D eigenvalue weighted by Crippen LogP contribution is 2.21. The summed E-state index contributed by atoms with van der Waals surface area (Å²) in [6.45, 7) is 12.9. The van der Waals surface area contributed by atoms with Gasteiger partial charge in [0.05, 0.1) is 12.2 Å². The second-order valence-corrected chi connectivity index (χ2v) is 9.06. The minimum Gasteiger partial charge on any atom is -0.371 e. The standard InChI is InChI=1S/C25H35N3O3/c1-17-11-18(2)23(19(3)12-17)27-22(29)15-28(7)24(30)26-14-20-9-8-10-21(13-20)16-31-25(4,5)6/h8-13H,14-16H2,1-7H3,(H,26,30)(H,27,29). The molecule has 0 bridgehead atoms. The highest BCUT2D eigenvalue weighted by atomic mass is 16.5. The number of aryl methyl sites for hydroxylation is 3. The highest BCUT2D eigenvalue weighted by molar-refractivity contribution is 5.95. The first-order chi connectivity index (χ1) is 14.4. The van der Waals surface area contributed by atoms with Crippen molar-refractivity contribution in [3.05, 3.63) is 64.2 Å². The number of hydrogen-bond donors (Lipinski definition) is 2. The zero-order valence-electron chi connectivity index (χ0n) is 19.8. The van der Waals surface area contributed by atoms with Gasteiger partial charge in [-0.15, -0.1) is 0 Å². The Morgan fingerprint density at radius 1 is 1.00 bits per heavy atom. The van der Waals surface area contributed by atoms with Gasteiger partial charge >= 0.3 is 6.03 Å². The molecule has 0 aromatic heterocycles. The zero-order valence-corrected chi connectivity index (χ0v) is 19.8. The van der Waals surface area contributed by atoms with Gasteiger partial charge in [-0.05, 0) is 63.8 Å². The Bertz CT molecular complexity index is 909. The summed E-state index contributed by atoms with van der Waals surface area (Å²) in [5.74, 6) is -0.228. The Balaban J connectivity index is 1.87. The minimum atomic E-state index is -0.302. The molecule has 2 rings (SSSR count). The molecule has 0 saturated carbocycles. The van der Waals surface area contributed by atoms with Crippen molar-refractivity contribution in [3.8, 4) is 0 Å². The quantitative estimate of drug-likeness (QED) is 0.675. The van der Waals surface area contributed by atoms with Crippen LogP contribution in [0.1, 0.15) is 48.6 Å². The predicted molar refractivity (Wildman–Crippen MR) is 125 cm³/mol. The summed E-state index contributed by atoms with van der Waals surface area (Å²) >= 11 is 0. The maximum absolute atomic E-state index is 12.4. The van der Waals surface area contributed by atoms with E-state index in [1.54, 1.807) is 7.05 Å². The summed E-state index contributed by atoms with van der Waals surface area (Å²) in [6, 6.07) is 11.7. The van der Waals surface area contributed by atoms with Crippen LogP contribution in [0.5, 0.6) is 0 Å². The Morgan fingerprint density at radius 3 is 2.23 bits per heavy atom. The molecule has 2 N–H and O–H groups in total. The molecule has 0 aliphatic carbocycles. The first kappa shape index (κ1) is 24.4. The third-order valence-corrected chi connectivity index (χ3v) is 4.78. The van der Waals surface area contributed by atoms with Crippen molar-refractivity contribution in [1.82, 2.24) is 10.2 Å². The average molecular weight is 426 g/mol. The summed E-state index contributed by atoms with van der Waals surface area (Å²) in [6.07, 6.45) is 0. The van der Waals surface area contributed by atoms with Gasteiger partial charge in [-0.2, -0.15) is 0 Å². The van der Waals surface area contributed by atoms with Gasteiger partial charge in [0.1, 0.15) is 6.54 Å². The molecule has 168 valence electrons. The molecule has 0 saturated heterocycles. The second kappa shape index (κ2) is 10.4. The summed E-state index contributed by atoms with van der Waals surface area (Å²) < 4.78 is 5.81. The fraction of sp³-hybridized carbons (Fsp3) is 0.440. The fourth-order valence-electron chi connectivity index (χ4n) is 3.29. The lowest BCUT2D eigenvalue weighted by Gasteiger charge is -2.20. The maximum Gasteiger partial charge on any atom is 0.317 e. The summed E-state index contributed by atoms with van der Waals surface area (Å²) in [4.78, 5) is 26.3. The number of nitrogens with one attached hydrogen (secondary N) is 2. The van der Waals surface area contributed by atoms with Gasteiger partial charge < -0.3 is 20.3 Å². The van der Waals surface area contributed by atoms with Crippen molar-refractivity contribution in [2.75, 3.05) is 18.9 Å².